The van der Waals surface area contributed by atoms with Gasteiger partial charge < -0.3 is 15.4 Å². The Kier molecular flexibility index (Phi) is 4.49. The zero-order valence-electron chi connectivity index (χ0n) is 12.9. The number of carbonyl (C=O) groups excluding carboxylic acids is 2. The zero-order chi connectivity index (χ0) is 18.0. The number of halogens is 1. The van der Waals surface area contributed by atoms with Gasteiger partial charge in [0.2, 0.25) is 11.8 Å². The number of aromatic hydroxyl groups is 1. The Morgan fingerprint density at radius 1 is 1.12 bits per heavy atom. The molecule has 2 aromatic carbocycles. The second kappa shape index (κ2) is 6.74. The summed E-state index contributed by atoms with van der Waals surface area (Å²) in [5.41, 5.74) is 6.19. The molecule has 1 aromatic heterocycles. The molecule has 0 radical (unpaired) electrons. The smallest absolute Gasteiger partial charge is 0.295 e. The van der Waals surface area contributed by atoms with Crippen molar-refractivity contribution in [1.29, 1.82) is 0 Å². The number of hydrogen-bond donors (Lipinski definition) is 2. The molecule has 7 nitrogen and oxygen atoms in total. The summed E-state index contributed by atoms with van der Waals surface area (Å²) in [6.07, 6.45) is 0. The third kappa shape index (κ3) is 3.36. The van der Waals surface area contributed by atoms with Crippen LogP contribution in [-0.2, 0) is 11.3 Å². The van der Waals surface area contributed by atoms with Gasteiger partial charge in [0, 0.05) is 16.0 Å². The second-order valence-electron chi connectivity index (χ2n) is 5.25. The van der Waals surface area contributed by atoms with Crippen molar-refractivity contribution < 1.29 is 14.7 Å². The Labute approximate surface area is 147 Å². The molecule has 0 saturated heterocycles. The summed E-state index contributed by atoms with van der Waals surface area (Å²) in [6, 6.07) is 13.1. The van der Waals surface area contributed by atoms with Gasteiger partial charge in [0.1, 0.15) is 6.54 Å². The fourth-order valence-corrected chi connectivity index (χ4v) is 2.56. The first-order valence-electron chi connectivity index (χ1n) is 7.27. The highest BCUT2D eigenvalue weighted by atomic mass is 35.5. The number of aromatic nitrogens is 1. The van der Waals surface area contributed by atoms with Gasteiger partial charge in [-0.1, -0.05) is 29.8 Å². The van der Waals surface area contributed by atoms with E-state index in [4.69, 9.17) is 17.3 Å². The molecule has 3 N–H and O–H groups in total. The van der Waals surface area contributed by atoms with E-state index in [2.05, 4.69) is 10.2 Å². The van der Waals surface area contributed by atoms with Crippen molar-refractivity contribution in [2.24, 2.45) is 16.0 Å². The molecule has 0 spiro atoms. The van der Waals surface area contributed by atoms with Crippen LogP contribution in [-0.4, -0.2) is 21.5 Å². The van der Waals surface area contributed by atoms with Crippen LogP contribution >= 0.6 is 11.6 Å². The van der Waals surface area contributed by atoms with Crippen molar-refractivity contribution in [2.75, 3.05) is 0 Å². The molecule has 8 heteroatoms. The maximum absolute atomic E-state index is 12.1. The monoisotopic (exact) mass is 356 g/mol. The molecule has 2 amide bonds. The first-order chi connectivity index (χ1) is 12.0. The number of nitrogens with two attached hydrogens (primary N) is 1. The Bertz CT molecular complexity index is 993. The van der Waals surface area contributed by atoms with Gasteiger partial charge in [-0.15, -0.1) is 10.2 Å². The molecule has 0 aliphatic heterocycles. The minimum atomic E-state index is -0.614. The van der Waals surface area contributed by atoms with Crippen molar-refractivity contribution in [3.05, 3.63) is 59.1 Å². The summed E-state index contributed by atoms with van der Waals surface area (Å²) in [5, 5.41) is 18.9. The number of para-hydroxylation sites is 1. The summed E-state index contributed by atoms with van der Waals surface area (Å²) >= 11 is 5.78. The van der Waals surface area contributed by atoms with Crippen LogP contribution in [0, 0.1) is 0 Å². The van der Waals surface area contributed by atoms with Gasteiger partial charge in [0.05, 0.1) is 5.52 Å². The van der Waals surface area contributed by atoms with Crippen molar-refractivity contribution in [1.82, 2.24) is 4.57 Å². The van der Waals surface area contributed by atoms with Gasteiger partial charge in [0.15, 0.2) is 5.69 Å². The molecular formula is C17H13ClN4O3. The van der Waals surface area contributed by atoms with Gasteiger partial charge in [-0.05, 0) is 30.3 Å². The van der Waals surface area contributed by atoms with E-state index in [-0.39, 0.29) is 18.1 Å². The molecule has 0 aliphatic rings. The molecule has 0 aliphatic carbocycles. The second-order valence-corrected chi connectivity index (χ2v) is 5.69. The van der Waals surface area contributed by atoms with Gasteiger partial charge >= 0.3 is 0 Å². The molecule has 1 heterocycles. The number of rotatable bonds is 4. The van der Waals surface area contributed by atoms with Crippen LogP contribution in [0.1, 0.15) is 10.4 Å². The highest BCUT2D eigenvalue weighted by molar-refractivity contribution is 6.30. The van der Waals surface area contributed by atoms with Crippen LogP contribution in [0.15, 0.2) is 58.8 Å². The van der Waals surface area contributed by atoms with Crippen molar-refractivity contribution in [3.63, 3.8) is 0 Å². The predicted octanol–water partition coefficient (Wildman–Crippen LogP) is 3.41. The first kappa shape index (κ1) is 16.7. The van der Waals surface area contributed by atoms with E-state index < -0.39 is 11.8 Å². The third-order valence-corrected chi connectivity index (χ3v) is 3.82. The summed E-state index contributed by atoms with van der Waals surface area (Å²) in [7, 11) is 0. The predicted molar refractivity (Wildman–Crippen MR) is 93.1 cm³/mol. The van der Waals surface area contributed by atoms with E-state index in [1.807, 2.05) is 0 Å². The lowest BCUT2D eigenvalue weighted by atomic mass is 10.2. The minimum Gasteiger partial charge on any atom is -0.493 e. The van der Waals surface area contributed by atoms with Crippen LogP contribution in [0.25, 0.3) is 10.9 Å². The number of carbonyl (C=O) groups is 2. The van der Waals surface area contributed by atoms with Gasteiger partial charge in [-0.25, -0.2) is 0 Å². The number of amides is 2. The average molecular weight is 357 g/mol. The molecule has 25 heavy (non-hydrogen) atoms. The lowest BCUT2D eigenvalue weighted by Gasteiger charge is -2.02. The highest BCUT2D eigenvalue weighted by Crippen LogP contribution is 2.38. The van der Waals surface area contributed by atoms with Crippen molar-refractivity contribution in [3.8, 4) is 5.88 Å². The number of primary amides is 1. The first-order valence-corrected chi connectivity index (χ1v) is 7.65. The number of fused-ring (bicyclic) bond motifs is 1. The maximum Gasteiger partial charge on any atom is 0.295 e. The largest absolute Gasteiger partial charge is 0.493 e. The Hall–Kier alpha value is -3.19. The summed E-state index contributed by atoms with van der Waals surface area (Å²) < 4.78 is 1.32. The molecule has 0 atom stereocenters. The quantitative estimate of drug-likeness (QED) is 0.699. The van der Waals surface area contributed by atoms with Crippen molar-refractivity contribution >= 4 is 40.0 Å². The maximum atomic E-state index is 12.1. The Balaban J connectivity index is 2.01. The highest BCUT2D eigenvalue weighted by Gasteiger charge is 2.18. The number of hydrogen-bond acceptors (Lipinski definition) is 4. The molecule has 0 fully saturated rings. The summed E-state index contributed by atoms with van der Waals surface area (Å²) in [6.45, 7) is -0.215. The number of azo groups is 1. The topological polar surface area (TPSA) is 110 Å². The molecule has 0 unspecified atom stereocenters. The van der Waals surface area contributed by atoms with Crippen LogP contribution in [0.3, 0.4) is 0 Å². The van der Waals surface area contributed by atoms with E-state index >= 15 is 0 Å². The lowest BCUT2D eigenvalue weighted by Crippen LogP contribution is -2.18. The molecular weight excluding hydrogens is 344 g/mol. The molecule has 0 saturated carbocycles. The lowest BCUT2D eigenvalue weighted by molar-refractivity contribution is -0.118. The van der Waals surface area contributed by atoms with Crippen LogP contribution in [0.2, 0.25) is 5.02 Å². The SMILES string of the molecule is NC(=O)Cn1c(O)c(N=NC(=O)c2ccc(Cl)cc2)c2ccccc21. The van der Waals surface area contributed by atoms with Crippen LogP contribution in [0.5, 0.6) is 5.88 Å². The van der Waals surface area contributed by atoms with E-state index in [0.29, 0.717) is 21.5 Å². The van der Waals surface area contributed by atoms with Crippen LogP contribution in [0.4, 0.5) is 5.69 Å². The molecule has 126 valence electrons. The summed E-state index contributed by atoms with van der Waals surface area (Å²) in [5.74, 6) is -1.48. The standard InChI is InChI=1S/C17H13ClN4O3/c18-11-7-5-10(6-8-11)16(24)21-20-15-12-3-1-2-4-13(12)22(17(15)25)9-14(19)23/h1-8,25H,9H2,(H2,19,23). The van der Waals surface area contributed by atoms with Crippen LogP contribution < -0.4 is 5.73 Å². The van der Waals surface area contributed by atoms with Gasteiger partial charge in [-0.2, -0.15) is 0 Å². The number of benzene rings is 2. The van der Waals surface area contributed by atoms with Gasteiger partial charge in [0.25, 0.3) is 5.91 Å². The Morgan fingerprint density at radius 3 is 2.48 bits per heavy atom. The van der Waals surface area contributed by atoms with E-state index in [1.54, 1.807) is 36.4 Å². The van der Waals surface area contributed by atoms with E-state index in [1.165, 1.54) is 16.7 Å². The fourth-order valence-electron chi connectivity index (χ4n) is 2.43. The Morgan fingerprint density at radius 2 is 1.80 bits per heavy atom. The molecule has 3 rings (SSSR count). The normalized spacial score (nSPS) is 11.2. The van der Waals surface area contributed by atoms with E-state index in [0.717, 1.165) is 0 Å². The number of nitrogens with zero attached hydrogens (tertiary/aromatic N) is 3. The molecule has 3 aromatic rings. The summed E-state index contributed by atoms with van der Waals surface area (Å²) in [4.78, 5) is 23.3. The average Bonchev–Trinajstić information content (AvgIpc) is 2.85. The third-order valence-electron chi connectivity index (χ3n) is 3.56. The van der Waals surface area contributed by atoms with Gasteiger partial charge in [-0.3, -0.25) is 9.59 Å². The minimum absolute atomic E-state index is 0.0964. The fraction of sp³-hybridized carbons (Fsp3) is 0.0588. The van der Waals surface area contributed by atoms with E-state index in [9.17, 15) is 14.7 Å². The molecule has 0 bridgehead atoms. The zero-order valence-corrected chi connectivity index (χ0v) is 13.6. The van der Waals surface area contributed by atoms with Crippen molar-refractivity contribution in [2.45, 2.75) is 6.54 Å².